The van der Waals surface area contributed by atoms with Gasteiger partial charge in [0.2, 0.25) is 0 Å². The molecule has 3 aromatic carbocycles. The highest BCUT2D eigenvalue weighted by Crippen LogP contribution is 2.25. The first-order chi connectivity index (χ1) is 16.3. The van der Waals surface area contributed by atoms with Crippen LogP contribution in [0.4, 0.5) is 32.3 Å². The molecule has 9 nitrogen and oxygen atoms in total. The Morgan fingerprint density at radius 3 is 2.29 bits per heavy atom. The first kappa shape index (κ1) is 24.8. The Balaban J connectivity index is 1.56. The summed E-state index contributed by atoms with van der Waals surface area (Å²) in [4.78, 5) is 36.9. The van der Waals surface area contributed by atoms with Gasteiger partial charge in [-0.1, -0.05) is 41.4 Å². The third-order valence-electron chi connectivity index (χ3n) is 4.67. The number of nitrogens with zero attached hydrogens (tertiary/aromatic N) is 2. The standard InChI is InChI=1S/C23H21Cl2N5O4/c24-16-7-12-21(20(25)15-16)28-22(31)26-13-4-14-29(18-5-2-1-3-6-18)23(32)27-17-8-10-19(11-9-17)30(33)34/h1-3,5-12,15H,4,13-14H2,(H,27,32)(H2,26,28,31). The number of rotatable bonds is 8. The molecule has 3 rings (SSSR count). The molecule has 0 radical (unpaired) electrons. The van der Waals surface area contributed by atoms with Crippen molar-refractivity contribution in [2.45, 2.75) is 6.42 Å². The van der Waals surface area contributed by atoms with E-state index in [9.17, 15) is 19.7 Å². The topological polar surface area (TPSA) is 117 Å². The lowest BCUT2D eigenvalue weighted by molar-refractivity contribution is -0.384. The molecule has 0 unspecified atom stereocenters. The first-order valence-electron chi connectivity index (χ1n) is 10.2. The number of urea groups is 2. The Hall–Kier alpha value is -3.82. The molecule has 4 amide bonds. The lowest BCUT2D eigenvalue weighted by Gasteiger charge is -2.23. The second-order valence-corrected chi connectivity index (χ2v) is 7.92. The lowest BCUT2D eigenvalue weighted by atomic mass is 10.2. The Labute approximate surface area is 205 Å². The summed E-state index contributed by atoms with van der Waals surface area (Å²) >= 11 is 11.9. The van der Waals surface area contributed by atoms with Crippen LogP contribution < -0.4 is 20.9 Å². The van der Waals surface area contributed by atoms with Crippen LogP contribution in [0, 0.1) is 10.1 Å². The highest BCUT2D eigenvalue weighted by Gasteiger charge is 2.16. The molecule has 0 aliphatic carbocycles. The van der Waals surface area contributed by atoms with Crippen LogP contribution >= 0.6 is 23.2 Å². The number of nitro benzene ring substituents is 1. The van der Waals surface area contributed by atoms with E-state index in [-0.39, 0.29) is 5.69 Å². The number of amides is 4. The normalized spacial score (nSPS) is 10.3. The summed E-state index contributed by atoms with van der Waals surface area (Å²) in [7, 11) is 0. The highest BCUT2D eigenvalue weighted by molar-refractivity contribution is 6.36. The number of carbonyl (C=O) groups excluding carboxylic acids is 2. The van der Waals surface area contributed by atoms with Gasteiger partial charge in [0, 0.05) is 41.6 Å². The molecule has 0 saturated heterocycles. The SMILES string of the molecule is O=C(NCCCN(C(=O)Nc1ccc([N+](=O)[O-])cc1)c1ccccc1)Nc1ccc(Cl)cc1Cl. The van der Waals surface area contributed by atoms with Gasteiger partial charge in [-0.05, 0) is 48.9 Å². The monoisotopic (exact) mass is 501 g/mol. The maximum Gasteiger partial charge on any atom is 0.326 e. The van der Waals surface area contributed by atoms with Gasteiger partial charge in [0.1, 0.15) is 0 Å². The molecule has 0 aliphatic rings. The van der Waals surface area contributed by atoms with Gasteiger partial charge in [0.15, 0.2) is 0 Å². The number of non-ortho nitro benzene ring substituents is 1. The van der Waals surface area contributed by atoms with E-state index in [1.165, 1.54) is 35.2 Å². The average Bonchev–Trinajstić information content (AvgIpc) is 2.81. The zero-order chi connectivity index (χ0) is 24.5. The molecular formula is C23H21Cl2N5O4. The second kappa shape index (κ2) is 11.9. The molecule has 34 heavy (non-hydrogen) atoms. The van der Waals surface area contributed by atoms with Gasteiger partial charge >= 0.3 is 12.1 Å². The van der Waals surface area contributed by atoms with Crippen molar-refractivity contribution >= 4 is 58.0 Å². The number of halogens is 2. The highest BCUT2D eigenvalue weighted by atomic mass is 35.5. The number of para-hydroxylation sites is 1. The molecular weight excluding hydrogens is 481 g/mol. The van der Waals surface area contributed by atoms with Crippen LogP contribution in [0.2, 0.25) is 10.0 Å². The van der Waals surface area contributed by atoms with E-state index in [0.29, 0.717) is 46.6 Å². The predicted molar refractivity (Wildman–Crippen MR) is 134 cm³/mol. The van der Waals surface area contributed by atoms with Gasteiger partial charge in [0.25, 0.3) is 5.69 Å². The minimum absolute atomic E-state index is 0.0675. The molecule has 0 bridgehead atoms. The fourth-order valence-electron chi connectivity index (χ4n) is 3.01. The lowest BCUT2D eigenvalue weighted by Crippen LogP contribution is -2.38. The number of anilines is 3. The van der Waals surface area contributed by atoms with E-state index in [2.05, 4.69) is 16.0 Å². The molecule has 0 saturated carbocycles. The first-order valence-corrected chi connectivity index (χ1v) is 11.0. The van der Waals surface area contributed by atoms with Crippen molar-refractivity contribution in [3.05, 3.63) is 93.0 Å². The molecule has 11 heteroatoms. The summed E-state index contributed by atoms with van der Waals surface area (Å²) in [6.45, 7) is 0.607. The number of benzene rings is 3. The smallest absolute Gasteiger partial charge is 0.326 e. The Morgan fingerprint density at radius 1 is 0.941 bits per heavy atom. The van der Waals surface area contributed by atoms with E-state index in [0.717, 1.165) is 0 Å². The van der Waals surface area contributed by atoms with Crippen LogP contribution in [0.15, 0.2) is 72.8 Å². The van der Waals surface area contributed by atoms with Crippen LogP contribution in [0.3, 0.4) is 0 Å². The molecule has 0 fully saturated rings. The molecule has 0 heterocycles. The van der Waals surface area contributed by atoms with Crippen molar-refractivity contribution in [1.82, 2.24) is 5.32 Å². The number of carbonyl (C=O) groups is 2. The Morgan fingerprint density at radius 2 is 1.65 bits per heavy atom. The van der Waals surface area contributed by atoms with Gasteiger partial charge in [-0.2, -0.15) is 0 Å². The van der Waals surface area contributed by atoms with E-state index in [1.807, 2.05) is 18.2 Å². The zero-order valence-corrected chi connectivity index (χ0v) is 19.3. The van der Waals surface area contributed by atoms with Gasteiger partial charge in [-0.3, -0.25) is 15.0 Å². The summed E-state index contributed by atoms with van der Waals surface area (Å²) in [5.74, 6) is 0. The van der Waals surface area contributed by atoms with E-state index < -0.39 is 17.0 Å². The van der Waals surface area contributed by atoms with Gasteiger partial charge < -0.3 is 16.0 Å². The van der Waals surface area contributed by atoms with E-state index >= 15 is 0 Å². The van der Waals surface area contributed by atoms with Gasteiger partial charge in [0.05, 0.1) is 15.6 Å². The quantitative estimate of drug-likeness (QED) is 0.195. The van der Waals surface area contributed by atoms with Crippen LogP contribution in [0.1, 0.15) is 6.42 Å². The van der Waals surface area contributed by atoms with E-state index in [1.54, 1.807) is 24.3 Å². The minimum atomic E-state index is -0.508. The summed E-state index contributed by atoms with van der Waals surface area (Å²) in [5.41, 5.74) is 1.45. The average molecular weight is 502 g/mol. The third kappa shape index (κ3) is 7.09. The maximum absolute atomic E-state index is 12.9. The second-order valence-electron chi connectivity index (χ2n) is 7.08. The van der Waals surface area contributed by atoms with Gasteiger partial charge in [-0.15, -0.1) is 0 Å². The molecule has 0 aromatic heterocycles. The fraction of sp³-hybridized carbons (Fsp3) is 0.130. The summed E-state index contributed by atoms with van der Waals surface area (Å²) < 4.78 is 0. The van der Waals surface area contributed by atoms with Crippen molar-refractivity contribution in [3.8, 4) is 0 Å². The van der Waals surface area contributed by atoms with E-state index in [4.69, 9.17) is 23.2 Å². The Bertz CT molecular complexity index is 1160. The molecule has 0 spiro atoms. The predicted octanol–water partition coefficient (Wildman–Crippen LogP) is 6.15. The summed E-state index contributed by atoms with van der Waals surface area (Å²) in [5, 5.41) is 19.7. The molecule has 176 valence electrons. The summed E-state index contributed by atoms with van der Waals surface area (Å²) in [6.07, 6.45) is 0.463. The van der Waals surface area contributed by atoms with Crippen molar-refractivity contribution in [3.63, 3.8) is 0 Å². The zero-order valence-electron chi connectivity index (χ0n) is 17.8. The molecule has 3 N–H and O–H groups in total. The number of hydrogen-bond acceptors (Lipinski definition) is 4. The van der Waals surface area contributed by atoms with Crippen molar-refractivity contribution in [2.75, 3.05) is 28.6 Å². The number of nitrogens with one attached hydrogen (secondary N) is 3. The third-order valence-corrected chi connectivity index (χ3v) is 5.21. The van der Waals surface area contributed by atoms with Crippen LogP contribution in [-0.2, 0) is 0 Å². The number of hydrogen-bond donors (Lipinski definition) is 3. The van der Waals surface area contributed by atoms with Crippen molar-refractivity contribution < 1.29 is 14.5 Å². The molecule has 3 aromatic rings. The van der Waals surface area contributed by atoms with Crippen molar-refractivity contribution in [1.29, 1.82) is 0 Å². The molecule has 0 aliphatic heterocycles. The largest absolute Gasteiger partial charge is 0.338 e. The van der Waals surface area contributed by atoms with Gasteiger partial charge in [-0.25, -0.2) is 9.59 Å². The maximum atomic E-state index is 12.9. The Kier molecular flexibility index (Phi) is 8.66. The van der Waals surface area contributed by atoms with Crippen LogP contribution in [-0.4, -0.2) is 30.1 Å². The fourth-order valence-corrected chi connectivity index (χ4v) is 3.47. The number of nitro groups is 1. The summed E-state index contributed by atoms with van der Waals surface area (Å²) in [6, 6.07) is 18.5. The molecule has 0 atom stereocenters. The minimum Gasteiger partial charge on any atom is -0.338 e. The van der Waals surface area contributed by atoms with Crippen LogP contribution in [0.25, 0.3) is 0 Å². The van der Waals surface area contributed by atoms with Crippen LogP contribution in [0.5, 0.6) is 0 Å². The van der Waals surface area contributed by atoms with Crippen molar-refractivity contribution in [2.24, 2.45) is 0 Å².